The summed E-state index contributed by atoms with van der Waals surface area (Å²) in [7, 11) is 0. The molecule has 126 valence electrons. The van der Waals surface area contributed by atoms with E-state index >= 15 is 0 Å². The maximum absolute atomic E-state index is 12.2. The SMILES string of the molecule is O=C1C[C@@H](Nc2cc(-c3ccccc3)nc3ncnn23)CN1C1CC1. The summed E-state index contributed by atoms with van der Waals surface area (Å²) >= 11 is 0. The Labute approximate surface area is 144 Å². The maximum Gasteiger partial charge on any atom is 0.254 e. The number of carbonyl (C=O) groups excluding carboxylic acids is 1. The fraction of sp³-hybridized carbons (Fsp3) is 0.333. The maximum atomic E-state index is 12.2. The summed E-state index contributed by atoms with van der Waals surface area (Å²) in [6.07, 6.45) is 4.30. The van der Waals surface area contributed by atoms with Crippen molar-refractivity contribution in [1.82, 2.24) is 24.5 Å². The lowest BCUT2D eigenvalue weighted by Gasteiger charge is -2.17. The minimum Gasteiger partial charge on any atom is -0.365 e. The number of carbonyl (C=O) groups is 1. The number of fused-ring (bicyclic) bond motifs is 1. The number of nitrogens with one attached hydrogen (secondary N) is 1. The summed E-state index contributed by atoms with van der Waals surface area (Å²) < 4.78 is 1.69. The first-order valence-electron chi connectivity index (χ1n) is 8.60. The number of benzene rings is 1. The molecule has 1 amide bonds. The Morgan fingerprint density at radius 3 is 2.80 bits per heavy atom. The molecule has 2 fully saturated rings. The fourth-order valence-corrected chi connectivity index (χ4v) is 3.45. The molecule has 1 aliphatic heterocycles. The van der Waals surface area contributed by atoms with Crippen molar-refractivity contribution < 1.29 is 4.79 Å². The van der Waals surface area contributed by atoms with Crippen LogP contribution in [0.5, 0.6) is 0 Å². The Bertz CT molecular complexity index is 933. The monoisotopic (exact) mass is 334 g/mol. The molecule has 1 atom stereocenters. The summed E-state index contributed by atoms with van der Waals surface area (Å²) in [5, 5.41) is 7.74. The van der Waals surface area contributed by atoms with E-state index in [0.717, 1.165) is 36.5 Å². The normalized spacial score (nSPS) is 20.4. The second kappa shape index (κ2) is 5.54. The minimum atomic E-state index is 0.0894. The van der Waals surface area contributed by atoms with E-state index in [2.05, 4.69) is 20.4 Å². The molecular formula is C18H18N6O. The summed E-state index contributed by atoms with van der Waals surface area (Å²) in [6, 6.07) is 12.5. The van der Waals surface area contributed by atoms with Gasteiger partial charge in [0, 0.05) is 30.6 Å². The molecule has 3 aromatic rings. The molecule has 0 bridgehead atoms. The van der Waals surface area contributed by atoms with Crippen molar-refractivity contribution in [3.63, 3.8) is 0 Å². The lowest BCUT2D eigenvalue weighted by atomic mass is 10.1. The summed E-state index contributed by atoms with van der Waals surface area (Å²) in [6.45, 7) is 0.753. The van der Waals surface area contributed by atoms with E-state index in [1.807, 2.05) is 41.3 Å². The van der Waals surface area contributed by atoms with Crippen LogP contribution in [0.2, 0.25) is 0 Å². The molecule has 7 nitrogen and oxygen atoms in total. The van der Waals surface area contributed by atoms with Crippen LogP contribution >= 0.6 is 0 Å². The van der Waals surface area contributed by atoms with Crippen molar-refractivity contribution in [3.05, 3.63) is 42.7 Å². The van der Waals surface area contributed by atoms with Crippen molar-refractivity contribution in [2.75, 3.05) is 11.9 Å². The molecule has 1 aromatic carbocycles. The number of nitrogens with zero attached hydrogens (tertiary/aromatic N) is 5. The smallest absolute Gasteiger partial charge is 0.254 e. The molecule has 0 radical (unpaired) electrons. The van der Waals surface area contributed by atoms with Gasteiger partial charge in [0.15, 0.2) is 0 Å². The first kappa shape index (κ1) is 14.4. The quantitative estimate of drug-likeness (QED) is 0.789. The summed E-state index contributed by atoms with van der Waals surface area (Å²) in [4.78, 5) is 23.0. The molecule has 2 aliphatic rings. The first-order chi connectivity index (χ1) is 12.3. The highest BCUT2D eigenvalue weighted by atomic mass is 16.2. The molecule has 1 saturated heterocycles. The second-order valence-corrected chi connectivity index (χ2v) is 6.69. The topological polar surface area (TPSA) is 75.4 Å². The Hall–Kier alpha value is -2.96. The molecule has 25 heavy (non-hydrogen) atoms. The largest absolute Gasteiger partial charge is 0.365 e. The van der Waals surface area contributed by atoms with Crippen LogP contribution in [0.15, 0.2) is 42.7 Å². The van der Waals surface area contributed by atoms with Crippen LogP contribution in [-0.2, 0) is 4.79 Å². The van der Waals surface area contributed by atoms with E-state index in [9.17, 15) is 4.79 Å². The highest BCUT2D eigenvalue weighted by molar-refractivity contribution is 5.80. The van der Waals surface area contributed by atoms with Gasteiger partial charge in [-0.25, -0.2) is 4.98 Å². The van der Waals surface area contributed by atoms with Crippen molar-refractivity contribution in [3.8, 4) is 11.3 Å². The minimum absolute atomic E-state index is 0.0894. The average molecular weight is 334 g/mol. The molecule has 1 aliphatic carbocycles. The van der Waals surface area contributed by atoms with Crippen LogP contribution in [0.25, 0.3) is 17.0 Å². The second-order valence-electron chi connectivity index (χ2n) is 6.69. The predicted octanol–water partition coefficient (Wildman–Crippen LogP) is 1.97. The van der Waals surface area contributed by atoms with Crippen LogP contribution in [-0.4, -0.2) is 49.0 Å². The number of anilines is 1. The van der Waals surface area contributed by atoms with Gasteiger partial charge in [-0.3, -0.25) is 4.79 Å². The van der Waals surface area contributed by atoms with Crippen molar-refractivity contribution in [2.45, 2.75) is 31.3 Å². The molecule has 5 rings (SSSR count). The molecule has 3 heterocycles. The third-order valence-corrected chi connectivity index (χ3v) is 4.82. The molecule has 7 heteroatoms. The number of amides is 1. The van der Waals surface area contributed by atoms with Gasteiger partial charge in [0.05, 0.1) is 11.7 Å². The van der Waals surface area contributed by atoms with Crippen molar-refractivity contribution in [1.29, 1.82) is 0 Å². The lowest BCUT2D eigenvalue weighted by Crippen LogP contribution is -2.30. The van der Waals surface area contributed by atoms with Gasteiger partial charge in [-0.2, -0.15) is 14.6 Å². The van der Waals surface area contributed by atoms with Gasteiger partial charge >= 0.3 is 0 Å². The third kappa shape index (κ3) is 2.61. The van der Waals surface area contributed by atoms with Gasteiger partial charge in [-0.1, -0.05) is 30.3 Å². The number of hydrogen-bond acceptors (Lipinski definition) is 5. The van der Waals surface area contributed by atoms with E-state index in [0.29, 0.717) is 18.2 Å². The number of hydrogen-bond donors (Lipinski definition) is 1. The van der Waals surface area contributed by atoms with E-state index in [-0.39, 0.29) is 11.9 Å². The number of likely N-dealkylation sites (tertiary alicyclic amines) is 1. The molecule has 2 aromatic heterocycles. The fourth-order valence-electron chi connectivity index (χ4n) is 3.45. The van der Waals surface area contributed by atoms with Gasteiger partial charge in [0.1, 0.15) is 12.1 Å². The van der Waals surface area contributed by atoms with Gasteiger partial charge in [0.2, 0.25) is 5.91 Å². The third-order valence-electron chi connectivity index (χ3n) is 4.82. The molecular weight excluding hydrogens is 316 g/mol. The summed E-state index contributed by atoms with van der Waals surface area (Å²) in [5.74, 6) is 1.61. The standard InChI is InChI=1S/C18H18N6O/c25-17-8-13(10-23(17)14-6-7-14)21-16-9-15(12-4-2-1-3-5-12)22-18-19-11-20-24(16)18/h1-5,9,11,13-14,21H,6-8,10H2/t13-/m1/s1. The van der Waals surface area contributed by atoms with Gasteiger partial charge in [-0.15, -0.1) is 0 Å². The van der Waals surface area contributed by atoms with E-state index in [4.69, 9.17) is 0 Å². The molecule has 0 unspecified atom stereocenters. The van der Waals surface area contributed by atoms with E-state index < -0.39 is 0 Å². The highest BCUT2D eigenvalue weighted by Gasteiger charge is 2.39. The van der Waals surface area contributed by atoms with Crippen LogP contribution in [0, 0.1) is 0 Å². The molecule has 0 spiro atoms. The molecule has 1 saturated carbocycles. The Kier molecular flexibility index (Phi) is 3.19. The van der Waals surface area contributed by atoms with Crippen LogP contribution in [0.4, 0.5) is 5.82 Å². The summed E-state index contributed by atoms with van der Waals surface area (Å²) in [5.41, 5.74) is 1.87. The highest BCUT2D eigenvalue weighted by Crippen LogP contribution is 2.31. The van der Waals surface area contributed by atoms with Crippen LogP contribution < -0.4 is 5.32 Å². The van der Waals surface area contributed by atoms with Crippen molar-refractivity contribution in [2.24, 2.45) is 0 Å². The van der Waals surface area contributed by atoms with Crippen molar-refractivity contribution >= 4 is 17.5 Å². The average Bonchev–Trinajstić information content (AvgIpc) is 3.24. The van der Waals surface area contributed by atoms with Gasteiger partial charge < -0.3 is 10.2 Å². The zero-order valence-electron chi connectivity index (χ0n) is 13.7. The number of rotatable bonds is 4. The zero-order chi connectivity index (χ0) is 16.8. The lowest BCUT2D eigenvalue weighted by molar-refractivity contribution is -0.128. The van der Waals surface area contributed by atoms with E-state index in [1.54, 1.807) is 4.52 Å². The van der Waals surface area contributed by atoms with Crippen LogP contribution in [0.1, 0.15) is 19.3 Å². The Morgan fingerprint density at radius 1 is 1.16 bits per heavy atom. The van der Waals surface area contributed by atoms with Gasteiger partial charge in [-0.05, 0) is 12.8 Å². The molecule has 1 N–H and O–H groups in total. The predicted molar refractivity (Wildman–Crippen MR) is 93.0 cm³/mol. The number of aromatic nitrogens is 4. The Morgan fingerprint density at radius 2 is 2.00 bits per heavy atom. The first-order valence-corrected chi connectivity index (χ1v) is 8.60. The van der Waals surface area contributed by atoms with Gasteiger partial charge in [0.25, 0.3) is 5.78 Å². The van der Waals surface area contributed by atoms with Crippen LogP contribution in [0.3, 0.4) is 0 Å². The Balaban J connectivity index is 1.48. The zero-order valence-corrected chi connectivity index (χ0v) is 13.7. The van der Waals surface area contributed by atoms with E-state index in [1.165, 1.54) is 6.33 Å².